The Morgan fingerprint density at radius 3 is 2.75 bits per heavy atom. The van der Waals surface area contributed by atoms with Gasteiger partial charge in [0.25, 0.3) is 0 Å². The second-order valence-electron chi connectivity index (χ2n) is 4.03. The maximum absolute atomic E-state index is 11.4. The van der Waals surface area contributed by atoms with E-state index in [1.807, 2.05) is 0 Å². The molecule has 2 unspecified atom stereocenters. The molecule has 86 valence electrons. The van der Waals surface area contributed by atoms with Gasteiger partial charge in [0.1, 0.15) is 6.10 Å². The van der Waals surface area contributed by atoms with Gasteiger partial charge in [0, 0.05) is 17.7 Å². The molecule has 0 aliphatic heterocycles. The predicted molar refractivity (Wildman–Crippen MR) is 63.9 cm³/mol. The van der Waals surface area contributed by atoms with Gasteiger partial charge in [0.05, 0.1) is 6.10 Å². The molecule has 16 heavy (non-hydrogen) atoms. The second-order valence-corrected chi connectivity index (χ2v) is 4.40. The van der Waals surface area contributed by atoms with E-state index in [2.05, 4.69) is 12.6 Å². The number of fused-ring (bicyclic) bond motifs is 1. The molecule has 1 aromatic rings. The van der Waals surface area contributed by atoms with Crippen molar-refractivity contribution < 1.29 is 15.0 Å². The van der Waals surface area contributed by atoms with Gasteiger partial charge in [0.2, 0.25) is 0 Å². The van der Waals surface area contributed by atoms with Gasteiger partial charge in [-0.05, 0) is 17.5 Å². The first-order valence-electron chi connectivity index (χ1n) is 5.26. The molecular weight excluding hydrogens is 224 g/mol. The van der Waals surface area contributed by atoms with Crippen molar-refractivity contribution in [2.75, 3.05) is 5.75 Å². The molecule has 0 heterocycles. The Bertz CT molecular complexity index is 417. The average molecular weight is 238 g/mol. The third-order valence-electron chi connectivity index (χ3n) is 2.94. The van der Waals surface area contributed by atoms with E-state index in [1.165, 1.54) is 0 Å². The van der Waals surface area contributed by atoms with Crippen molar-refractivity contribution in [2.24, 2.45) is 0 Å². The smallest absolute Gasteiger partial charge is 0.163 e. The molecule has 3 nitrogen and oxygen atoms in total. The van der Waals surface area contributed by atoms with E-state index in [0.717, 1.165) is 17.5 Å². The summed E-state index contributed by atoms with van der Waals surface area (Å²) in [6.45, 7) is 0. The highest BCUT2D eigenvalue weighted by atomic mass is 32.1. The lowest BCUT2D eigenvalue weighted by atomic mass is 10.00. The monoisotopic (exact) mass is 238 g/mol. The highest BCUT2D eigenvalue weighted by Gasteiger charge is 2.22. The Labute approximate surface area is 99.5 Å². The van der Waals surface area contributed by atoms with Gasteiger partial charge in [0.15, 0.2) is 5.78 Å². The van der Waals surface area contributed by atoms with Crippen molar-refractivity contribution >= 4 is 18.4 Å². The number of Topliss-reactive ketones (excluding diaryl/α,β-unsaturated/α-hetero) is 1. The van der Waals surface area contributed by atoms with Gasteiger partial charge in [-0.1, -0.05) is 18.2 Å². The number of ketones is 1. The second kappa shape index (κ2) is 4.57. The van der Waals surface area contributed by atoms with Crippen molar-refractivity contribution in [1.82, 2.24) is 0 Å². The number of aryl methyl sites for hydroxylation is 1. The van der Waals surface area contributed by atoms with Crippen LogP contribution in [0.25, 0.3) is 0 Å². The van der Waals surface area contributed by atoms with E-state index in [9.17, 15) is 15.0 Å². The molecule has 2 atom stereocenters. The SMILES string of the molecule is O=C1CCc2cc(C(O)C(O)CS)ccc21. The van der Waals surface area contributed by atoms with Crippen LogP contribution in [0.5, 0.6) is 0 Å². The first-order chi connectivity index (χ1) is 7.63. The molecule has 1 aliphatic carbocycles. The Hall–Kier alpha value is -0.840. The number of carbonyl (C=O) groups is 1. The van der Waals surface area contributed by atoms with Gasteiger partial charge < -0.3 is 10.2 Å². The van der Waals surface area contributed by atoms with E-state index < -0.39 is 12.2 Å². The number of rotatable bonds is 3. The first kappa shape index (κ1) is 11.6. The summed E-state index contributed by atoms with van der Waals surface area (Å²) >= 11 is 3.94. The van der Waals surface area contributed by atoms with Crippen molar-refractivity contribution in [3.8, 4) is 0 Å². The Morgan fingerprint density at radius 2 is 2.06 bits per heavy atom. The highest BCUT2D eigenvalue weighted by Crippen LogP contribution is 2.26. The van der Waals surface area contributed by atoms with E-state index >= 15 is 0 Å². The molecule has 1 aromatic carbocycles. The molecule has 1 aliphatic rings. The summed E-state index contributed by atoms with van der Waals surface area (Å²) in [4.78, 5) is 11.4. The van der Waals surface area contributed by atoms with Gasteiger partial charge in [-0.2, -0.15) is 12.6 Å². The molecule has 0 bridgehead atoms. The molecule has 4 heteroatoms. The summed E-state index contributed by atoms with van der Waals surface area (Å²) in [5.74, 6) is 0.364. The quantitative estimate of drug-likeness (QED) is 0.692. The van der Waals surface area contributed by atoms with E-state index in [0.29, 0.717) is 12.0 Å². The minimum absolute atomic E-state index is 0.158. The molecule has 0 fully saturated rings. The first-order valence-corrected chi connectivity index (χ1v) is 5.89. The fraction of sp³-hybridized carbons (Fsp3) is 0.417. The lowest BCUT2D eigenvalue weighted by molar-refractivity contribution is 0.0337. The lowest BCUT2D eigenvalue weighted by Gasteiger charge is -2.16. The summed E-state index contributed by atoms with van der Waals surface area (Å²) in [5.41, 5.74) is 2.36. The van der Waals surface area contributed by atoms with Crippen LogP contribution in [0.3, 0.4) is 0 Å². The standard InChI is InChI=1S/C12H14O3S/c13-10-4-2-7-5-8(1-3-9(7)10)12(15)11(14)6-16/h1,3,5,11-12,14-16H,2,4,6H2. The summed E-state index contributed by atoms with van der Waals surface area (Å²) in [7, 11) is 0. The van der Waals surface area contributed by atoms with Crippen LogP contribution in [-0.2, 0) is 6.42 Å². The van der Waals surface area contributed by atoms with Crippen LogP contribution < -0.4 is 0 Å². The minimum atomic E-state index is -0.932. The number of benzene rings is 1. The van der Waals surface area contributed by atoms with Crippen LogP contribution in [0.15, 0.2) is 18.2 Å². The fourth-order valence-electron chi connectivity index (χ4n) is 1.98. The molecule has 2 N–H and O–H groups in total. The topological polar surface area (TPSA) is 57.5 Å². The largest absolute Gasteiger partial charge is 0.389 e. The van der Waals surface area contributed by atoms with Crippen LogP contribution >= 0.6 is 12.6 Å². The van der Waals surface area contributed by atoms with E-state index in [-0.39, 0.29) is 11.5 Å². The summed E-state index contributed by atoms with van der Waals surface area (Å²) in [6, 6.07) is 5.23. The summed E-state index contributed by atoms with van der Waals surface area (Å²) < 4.78 is 0. The molecular formula is C12H14O3S. The van der Waals surface area contributed by atoms with E-state index in [4.69, 9.17) is 0 Å². The fourth-order valence-corrected chi connectivity index (χ4v) is 2.18. The summed E-state index contributed by atoms with van der Waals surface area (Å²) in [5, 5.41) is 19.3. The highest BCUT2D eigenvalue weighted by molar-refractivity contribution is 7.80. The lowest BCUT2D eigenvalue weighted by Crippen LogP contribution is -2.19. The van der Waals surface area contributed by atoms with Crippen LogP contribution in [-0.4, -0.2) is 27.9 Å². The Balaban J connectivity index is 2.28. The predicted octanol–water partition coefficient (Wildman–Crippen LogP) is 1.14. The minimum Gasteiger partial charge on any atom is -0.389 e. The van der Waals surface area contributed by atoms with Gasteiger partial charge in [-0.25, -0.2) is 0 Å². The normalized spacial score (nSPS) is 18.3. The average Bonchev–Trinajstić information content (AvgIpc) is 2.68. The zero-order valence-corrected chi connectivity index (χ0v) is 9.65. The zero-order valence-electron chi connectivity index (χ0n) is 8.76. The third-order valence-corrected chi connectivity index (χ3v) is 3.32. The molecule has 0 saturated carbocycles. The Kier molecular flexibility index (Phi) is 3.33. The number of hydrogen-bond donors (Lipinski definition) is 3. The summed E-state index contributed by atoms with van der Waals surface area (Å²) in [6.07, 6.45) is -0.535. The Morgan fingerprint density at radius 1 is 1.31 bits per heavy atom. The molecule has 0 amide bonds. The number of thiol groups is 1. The maximum atomic E-state index is 11.4. The molecule has 0 aromatic heterocycles. The number of aliphatic hydroxyl groups is 2. The van der Waals surface area contributed by atoms with Gasteiger partial charge in [-0.3, -0.25) is 4.79 Å². The molecule has 0 spiro atoms. The van der Waals surface area contributed by atoms with Crippen LogP contribution in [0.4, 0.5) is 0 Å². The van der Waals surface area contributed by atoms with Crippen molar-refractivity contribution in [3.63, 3.8) is 0 Å². The number of hydrogen-bond acceptors (Lipinski definition) is 4. The number of carbonyl (C=O) groups excluding carboxylic acids is 1. The van der Waals surface area contributed by atoms with E-state index in [1.54, 1.807) is 18.2 Å². The van der Waals surface area contributed by atoms with Crippen molar-refractivity contribution in [1.29, 1.82) is 0 Å². The van der Waals surface area contributed by atoms with Crippen molar-refractivity contribution in [2.45, 2.75) is 25.0 Å². The maximum Gasteiger partial charge on any atom is 0.163 e. The zero-order chi connectivity index (χ0) is 11.7. The van der Waals surface area contributed by atoms with Gasteiger partial charge in [-0.15, -0.1) is 0 Å². The van der Waals surface area contributed by atoms with Crippen molar-refractivity contribution in [3.05, 3.63) is 34.9 Å². The van der Waals surface area contributed by atoms with Gasteiger partial charge >= 0.3 is 0 Å². The molecule has 0 radical (unpaired) electrons. The molecule has 0 saturated heterocycles. The van der Waals surface area contributed by atoms with Crippen LogP contribution in [0.2, 0.25) is 0 Å². The third kappa shape index (κ3) is 2.00. The molecule has 2 rings (SSSR count). The number of aliphatic hydroxyl groups excluding tert-OH is 2. The van der Waals surface area contributed by atoms with Crippen LogP contribution in [0, 0.1) is 0 Å². The van der Waals surface area contributed by atoms with Crippen LogP contribution in [0.1, 0.15) is 34.0 Å².